The Labute approximate surface area is 169 Å². The van der Waals surface area contributed by atoms with E-state index in [0.717, 1.165) is 55.6 Å². The summed E-state index contributed by atoms with van der Waals surface area (Å²) in [6.45, 7) is 0. The third kappa shape index (κ3) is 2.63. The lowest BCUT2D eigenvalue weighted by molar-refractivity contribution is 1.12. The van der Waals surface area contributed by atoms with Gasteiger partial charge in [0.1, 0.15) is 12.0 Å². The Kier molecular flexibility index (Phi) is 3.54. The molecule has 0 bridgehead atoms. The van der Waals surface area contributed by atoms with Gasteiger partial charge in [0.05, 0.1) is 16.9 Å². The van der Waals surface area contributed by atoms with Crippen LogP contribution in [0, 0.1) is 0 Å². The van der Waals surface area contributed by atoms with E-state index in [9.17, 15) is 0 Å². The number of aromatic amines is 2. The number of rotatable bonds is 3. The number of pyridine rings is 1. The number of hydrogen-bond donors (Lipinski definition) is 2. The summed E-state index contributed by atoms with van der Waals surface area (Å²) in [4.78, 5) is 16.4. The normalized spacial score (nSPS) is 11.4. The van der Waals surface area contributed by atoms with Gasteiger partial charge in [0.25, 0.3) is 0 Å². The second kappa shape index (κ2) is 6.35. The molecule has 0 amide bonds. The Hall–Kier alpha value is -3.84. The third-order valence-electron chi connectivity index (χ3n) is 5.05. The van der Waals surface area contributed by atoms with Gasteiger partial charge in [0.2, 0.25) is 0 Å². The number of hydrogen-bond acceptors (Lipinski definition) is 5. The monoisotopic (exact) mass is 394 g/mol. The second-order valence-corrected chi connectivity index (χ2v) is 7.56. The molecular formula is C22H14N6S. The molecule has 2 N–H and O–H groups in total. The minimum atomic E-state index is 0.881. The average Bonchev–Trinajstić information content (AvgIpc) is 3.52. The summed E-state index contributed by atoms with van der Waals surface area (Å²) in [6, 6.07) is 12.4. The molecule has 0 unspecified atom stereocenters. The van der Waals surface area contributed by atoms with Crippen molar-refractivity contribution in [2.75, 3.05) is 0 Å². The number of thiophene rings is 1. The van der Waals surface area contributed by atoms with E-state index in [1.54, 1.807) is 11.3 Å². The SMILES string of the molecule is c1ncc(-c2ccc3[nH]nc(-c4cc5c(-c6ccsc6)nccc5[nH]4)c3c2)cn1. The van der Waals surface area contributed by atoms with E-state index in [-0.39, 0.29) is 0 Å². The molecular weight excluding hydrogens is 380 g/mol. The van der Waals surface area contributed by atoms with Crippen molar-refractivity contribution in [2.45, 2.75) is 0 Å². The Balaban J connectivity index is 1.53. The maximum atomic E-state index is 4.60. The zero-order valence-corrected chi connectivity index (χ0v) is 15.9. The highest BCUT2D eigenvalue weighted by molar-refractivity contribution is 7.08. The molecule has 0 saturated carbocycles. The number of nitrogens with zero attached hydrogens (tertiary/aromatic N) is 4. The molecule has 0 aliphatic rings. The van der Waals surface area contributed by atoms with Crippen LogP contribution in [0.2, 0.25) is 0 Å². The zero-order valence-electron chi connectivity index (χ0n) is 15.1. The number of H-pyrrole nitrogens is 2. The van der Waals surface area contributed by atoms with Gasteiger partial charge in [-0.25, -0.2) is 9.97 Å². The minimum absolute atomic E-state index is 0.881. The molecule has 0 spiro atoms. The summed E-state index contributed by atoms with van der Waals surface area (Å²) < 4.78 is 0. The Morgan fingerprint density at radius 3 is 2.55 bits per heavy atom. The van der Waals surface area contributed by atoms with E-state index in [0.29, 0.717) is 0 Å². The molecule has 0 saturated heterocycles. The topological polar surface area (TPSA) is 83.1 Å². The molecule has 1 aromatic carbocycles. The van der Waals surface area contributed by atoms with E-state index >= 15 is 0 Å². The fourth-order valence-corrected chi connectivity index (χ4v) is 4.30. The van der Waals surface area contributed by atoms with E-state index in [1.165, 1.54) is 6.33 Å². The van der Waals surface area contributed by atoms with Crippen molar-refractivity contribution < 1.29 is 0 Å². The Bertz CT molecular complexity index is 1450. The summed E-state index contributed by atoms with van der Waals surface area (Å²) in [5, 5.41) is 14.0. The fraction of sp³-hybridized carbons (Fsp3) is 0. The van der Waals surface area contributed by atoms with Gasteiger partial charge in [-0.15, -0.1) is 0 Å². The molecule has 0 fully saturated rings. The molecule has 0 radical (unpaired) electrons. The van der Waals surface area contributed by atoms with Gasteiger partial charge >= 0.3 is 0 Å². The van der Waals surface area contributed by atoms with Gasteiger partial charge in [-0.3, -0.25) is 10.1 Å². The first-order valence-electron chi connectivity index (χ1n) is 9.11. The number of nitrogens with one attached hydrogen (secondary N) is 2. The molecule has 138 valence electrons. The van der Waals surface area contributed by atoms with Gasteiger partial charge in [0, 0.05) is 51.4 Å². The summed E-state index contributed by atoms with van der Waals surface area (Å²) in [6.07, 6.45) is 7.01. The molecule has 5 heterocycles. The molecule has 0 atom stereocenters. The van der Waals surface area contributed by atoms with Gasteiger partial charge < -0.3 is 4.98 Å². The Morgan fingerprint density at radius 1 is 0.793 bits per heavy atom. The summed E-state index contributed by atoms with van der Waals surface area (Å²) in [7, 11) is 0. The molecule has 5 aromatic heterocycles. The lowest BCUT2D eigenvalue weighted by Gasteiger charge is -2.01. The molecule has 7 heteroatoms. The van der Waals surface area contributed by atoms with Crippen LogP contribution < -0.4 is 0 Å². The van der Waals surface area contributed by atoms with Gasteiger partial charge in [-0.05, 0) is 41.3 Å². The highest BCUT2D eigenvalue weighted by atomic mass is 32.1. The second-order valence-electron chi connectivity index (χ2n) is 6.78. The van der Waals surface area contributed by atoms with Gasteiger partial charge in [-0.2, -0.15) is 16.4 Å². The maximum absolute atomic E-state index is 4.60. The summed E-state index contributed by atoms with van der Waals surface area (Å²) in [5.74, 6) is 0. The number of aromatic nitrogens is 6. The standard InChI is InChI=1S/C22H14N6S/c1-2-19-16(7-13(1)15-9-23-12-24-10-15)22(28-27-19)20-8-17-18(26-20)3-5-25-21(17)14-4-6-29-11-14/h1-12,26H,(H,27,28). The molecule has 0 aliphatic heterocycles. The van der Waals surface area contributed by atoms with Crippen LogP contribution in [0.25, 0.3) is 55.6 Å². The predicted molar refractivity (Wildman–Crippen MR) is 116 cm³/mol. The van der Waals surface area contributed by atoms with E-state index in [4.69, 9.17) is 0 Å². The molecule has 6 aromatic rings. The van der Waals surface area contributed by atoms with E-state index in [1.807, 2.05) is 36.8 Å². The maximum Gasteiger partial charge on any atom is 0.116 e. The first-order valence-corrected chi connectivity index (χ1v) is 10.1. The highest BCUT2D eigenvalue weighted by Gasteiger charge is 2.15. The highest BCUT2D eigenvalue weighted by Crippen LogP contribution is 2.34. The minimum Gasteiger partial charge on any atom is -0.353 e. The first-order chi connectivity index (χ1) is 14.4. The van der Waals surface area contributed by atoms with Crippen molar-refractivity contribution in [3.63, 3.8) is 0 Å². The number of fused-ring (bicyclic) bond motifs is 2. The van der Waals surface area contributed by atoms with Gasteiger partial charge in [0.15, 0.2) is 0 Å². The third-order valence-corrected chi connectivity index (χ3v) is 5.74. The lowest BCUT2D eigenvalue weighted by Crippen LogP contribution is -1.83. The van der Waals surface area contributed by atoms with Crippen molar-refractivity contribution in [3.8, 4) is 33.8 Å². The lowest BCUT2D eigenvalue weighted by atomic mass is 10.0. The molecule has 6 rings (SSSR count). The van der Waals surface area contributed by atoms with Crippen LogP contribution in [-0.2, 0) is 0 Å². The van der Waals surface area contributed by atoms with Crippen LogP contribution in [0.15, 0.2) is 72.1 Å². The fourth-order valence-electron chi connectivity index (χ4n) is 3.66. The van der Waals surface area contributed by atoms with Crippen molar-refractivity contribution in [1.82, 2.24) is 30.1 Å². The van der Waals surface area contributed by atoms with Crippen LogP contribution in [0.3, 0.4) is 0 Å². The largest absolute Gasteiger partial charge is 0.353 e. The molecule has 0 aliphatic carbocycles. The Morgan fingerprint density at radius 2 is 1.69 bits per heavy atom. The smallest absolute Gasteiger partial charge is 0.116 e. The van der Waals surface area contributed by atoms with Crippen molar-refractivity contribution in [1.29, 1.82) is 0 Å². The quantitative estimate of drug-likeness (QED) is 0.427. The van der Waals surface area contributed by atoms with Crippen molar-refractivity contribution in [3.05, 3.63) is 72.1 Å². The van der Waals surface area contributed by atoms with Gasteiger partial charge in [-0.1, -0.05) is 6.07 Å². The van der Waals surface area contributed by atoms with E-state index in [2.05, 4.69) is 59.1 Å². The number of benzene rings is 1. The van der Waals surface area contributed by atoms with Crippen LogP contribution in [0.1, 0.15) is 0 Å². The summed E-state index contributed by atoms with van der Waals surface area (Å²) >= 11 is 1.67. The van der Waals surface area contributed by atoms with Crippen molar-refractivity contribution >= 4 is 33.1 Å². The van der Waals surface area contributed by atoms with Crippen molar-refractivity contribution in [2.24, 2.45) is 0 Å². The van der Waals surface area contributed by atoms with Crippen LogP contribution in [0.5, 0.6) is 0 Å². The molecule has 29 heavy (non-hydrogen) atoms. The summed E-state index contributed by atoms with van der Waals surface area (Å²) in [5.41, 5.74) is 8.00. The average molecular weight is 394 g/mol. The van der Waals surface area contributed by atoms with Crippen LogP contribution in [0.4, 0.5) is 0 Å². The van der Waals surface area contributed by atoms with Crippen LogP contribution >= 0.6 is 11.3 Å². The predicted octanol–water partition coefficient (Wildman–Crippen LogP) is 5.29. The van der Waals surface area contributed by atoms with Crippen LogP contribution in [-0.4, -0.2) is 30.1 Å². The zero-order chi connectivity index (χ0) is 19.2. The molecule has 6 nitrogen and oxygen atoms in total. The first kappa shape index (κ1) is 16.1. The van der Waals surface area contributed by atoms with E-state index < -0.39 is 0 Å².